The molecule has 0 spiro atoms. The molecule has 1 saturated heterocycles. The van der Waals surface area contributed by atoms with Gasteiger partial charge in [-0.2, -0.15) is 0 Å². The molecule has 2 aromatic carbocycles. The molecule has 0 amide bonds. The van der Waals surface area contributed by atoms with Crippen molar-refractivity contribution in [3.63, 3.8) is 0 Å². The van der Waals surface area contributed by atoms with E-state index < -0.39 is 0 Å². The quantitative estimate of drug-likeness (QED) is 0.680. The Balaban J connectivity index is 1.53. The smallest absolute Gasteiger partial charge is 0.177 e. The molecule has 0 saturated carbocycles. The van der Waals surface area contributed by atoms with Crippen LogP contribution in [0.3, 0.4) is 0 Å². The highest BCUT2D eigenvalue weighted by Gasteiger charge is 2.29. The average molecular weight is 369 g/mol. The monoisotopic (exact) mass is 368 g/mol. The first-order valence-corrected chi connectivity index (χ1v) is 9.23. The maximum atomic E-state index is 6.24. The van der Waals surface area contributed by atoms with Gasteiger partial charge in [-0.15, -0.1) is 5.10 Å². The molecule has 5 nitrogen and oxygen atoms in total. The van der Waals surface area contributed by atoms with E-state index in [0.29, 0.717) is 13.2 Å². The van der Waals surface area contributed by atoms with Gasteiger partial charge in [0.15, 0.2) is 6.23 Å². The van der Waals surface area contributed by atoms with Crippen molar-refractivity contribution >= 4 is 17.3 Å². The van der Waals surface area contributed by atoms with Crippen LogP contribution in [0.1, 0.15) is 30.0 Å². The summed E-state index contributed by atoms with van der Waals surface area (Å²) >= 11 is 6.24. The van der Waals surface area contributed by atoms with E-state index in [9.17, 15) is 0 Å². The number of ether oxygens (including phenoxy) is 1. The minimum atomic E-state index is -0.206. The van der Waals surface area contributed by atoms with Crippen LogP contribution in [-0.4, -0.2) is 28.1 Å². The van der Waals surface area contributed by atoms with Crippen molar-refractivity contribution in [3.05, 3.63) is 76.6 Å². The molecule has 0 aliphatic carbocycles. The Morgan fingerprint density at radius 1 is 1.15 bits per heavy atom. The minimum Gasteiger partial charge on any atom is -0.350 e. The number of benzene rings is 2. The highest BCUT2D eigenvalue weighted by atomic mass is 35.5. The summed E-state index contributed by atoms with van der Waals surface area (Å²) in [5, 5.41) is 9.33. The summed E-state index contributed by atoms with van der Waals surface area (Å²) in [5.41, 5.74) is 4.31. The molecule has 1 atom stereocenters. The third-order valence-corrected chi connectivity index (χ3v) is 5.04. The summed E-state index contributed by atoms with van der Waals surface area (Å²) in [6.07, 6.45) is 2.77. The third kappa shape index (κ3) is 3.45. The summed E-state index contributed by atoms with van der Waals surface area (Å²) in [4.78, 5) is 2.23. The lowest BCUT2D eigenvalue weighted by molar-refractivity contribution is 0.110. The van der Waals surface area contributed by atoms with Crippen LogP contribution in [0.2, 0.25) is 5.02 Å². The summed E-state index contributed by atoms with van der Waals surface area (Å²) in [6.45, 7) is 4.27. The van der Waals surface area contributed by atoms with Crippen molar-refractivity contribution in [2.75, 3.05) is 18.1 Å². The molecule has 4 rings (SSSR count). The van der Waals surface area contributed by atoms with E-state index in [1.54, 1.807) is 4.68 Å². The Morgan fingerprint density at radius 3 is 2.73 bits per heavy atom. The molecule has 1 fully saturated rings. The molecule has 1 aromatic heterocycles. The van der Waals surface area contributed by atoms with Crippen LogP contribution in [0.25, 0.3) is 0 Å². The van der Waals surface area contributed by atoms with Gasteiger partial charge in [-0.1, -0.05) is 54.1 Å². The standard InChI is InChI=1S/C20H21ClN4O/c1-2-15-7-9-17(10-8-15)25-11-12-26-20(25)19-14-24(23-22-19)13-16-5-3-4-6-18(16)21/h3-10,14,20H,2,11-13H2,1H3. The van der Waals surface area contributed by atoms with Gasteiger partial charge in [-0.3, -0.25) is 0 Å². The van der Waals surface area contributed by atoms with Gasteiger partial charge in [0.05, 0.1) is 19.3 Å². The zero-order valence-electron chi connectivity index (χ0n) is 14.7. The fourth-order valence-corrected chi connectivity index (χ4v) is 3.40. The molecule has 0 N–H and O–H groups in total. The van der Waals surface area contributed by atoms with Gasteiger partial charge in [0.2, 0.25) is 0 Å². The highest BCUT2D eigenvalue weighted by Crippen LogP contribution is 2.31. The fourth-order valence-electron chi connectivity index (χ4n) is 3.21. The van der Waals surface area contributed by atoms with E-state index in [2.05, 4.69) is 46.4 Å². The van der Waals surface area contributed by atoms with Gasteiger partial charge in [0, 0.05) is 17.3 Å². The largest absolute Gasteiger partial charge is 0.350 e. The van der Waals surface area contributed by atoms with Crippen molar-refractivity contribution in [2.45, 2.75) is 26.1 Å². The molecule has 6 heteroatoms. The van der Waals surface area contributed by atoms with Crippen LogP contribution >= 0.6 is 11.6 Å². The average Bonchev–Trinajstić information content (AvgIpc) is 3.33. The van der Waals surface area contributed by atoms with Crippen molar-refractivity contribution < 1.29 is 4.74 Å². The Kier molecular flexibility index (Phi) is 4.91. The molecule has 0 radical (unpaired) electrons. The van der Waals surface area contributed by atoms with Gasteiger partial charge in [0.25, 0.3) is 0 Å². The first-order chi connectivity index (χ1) is 12.7. The number of nitrogens with zero attached hydrogens (tertiary/aromatic N) is 4. The van der Waals surface area contributed by atoms with Gasteiger partial charge in [-0.25, -0.2) is 4.68 Å². The molecule has 26 heavy (non-hydrogen) atoms. The van der Waals surface area contributed by atoms with Crippen molar-refractivity contribution in [1.82, 2.24) is 15.0 Å². The zero-order chi connectivity index (χ0) is 17.9. The number of aryl methyl sites for hydroxylation is 1. The summed E-state index contributed by atoms with van der Waals surface area (Å²) in [6, 6.07) is 16.4. The van der Waals surface area contributed by atoms with Gasteiger partial charge < -0.3 is 9.64 Å². The number of aromatic nitrogens is 3. The fraction of sp³-hybridized carbons (Fsp3) is 0.300. The topological polar surface area (TPSA) is 43.2 Å². The lowest BCUT2D eigenvalue weighted by atomic mass is 10.1. The molecule has 0 bridgehead atoms. The third-order valence-electron chi connectivity index (χ3n) is 4.67. The second kappa shape index (κ2) is 7.48. The number of rotatable bonds is 5. The van der Waals surface area contributed by atoms with E-state index in [1.165, 1.54) is 5.56 Å². The van der Waals surface area contributed by atoms with E-state index in [4.69, 9.17) is 16.3 Å². The van der Waals surface area contributed by atoms with Crippen LogP contribution in [0.5, 0.6) is 0 Å². The second-order valence-electron chi connectivity index (χ2n) is 6.37. The number of hydrogen-bond acceptors (Lipinski definition) is 4. The second-order valence-corrected chi connectivity index (χ2v) is 6.78. The highest BCUT2D eigenvalue weighted by molar-refractivity contribution is 6.31. The van der Waals surface area contributed by atoms with Gasteiger partial charge >= 0.3 is 0 Å². The molecule has 134 valence electrons. The molecule has 1 aliphatic heterocycles. The number of halogens is 1. The lowest BCUT2D eigenvalue weighted by Gasteiger charge is -2.23. The normalized spacial score (nSPS) is 17.0. The molecule has 3 aromatic rings. The molecule has 1 unspecified atom stereocenters. The van der Waals surface area contributed by atoms with Crippen LogP contribution in [0.4, 0.5) is 5.69 Å². The van der Waals surface area contributed by atoms with Crippen LogP contribution < -0.4 is 4.90 Å². The maximum absolute atomic E-state index is 6.24. The molecule has 2 heterocycles. The lowest BCUT2D eigenvalue weighted by Crippen LogP contribution is -2.23. The first-order valence-electron chi connectivity index (χ1n) is 8.85. The molecular formula is C20H21ClN4O. The van der Waals surface area contributed by atoms with Crippen LogP contribution in [0, 0.1) is 0 Å². The van der Waals surface area contributed by atoms with Crippen LogP contribution in [-0.2, 0) is 17.7 Å². The predicted octanol–water partition coefficient (Wildman–Crippen LogP) is 4.08. The summed E-state index contributed by atoms with van der Waals surface area (Å²) in [5.74, 6) is 0. The van der Waals surface area contributed by atoms with E-state index in [0.717, 1.165) is 34.9 Å². The predicted molar refractivity (Wildman–Crippen MR) is 102 cm³/mol. The Morgan fingerprint density at radius 2 is 1.96 bits per heavy atom. The molecular weight excluding hydrogens is 348 g/mol. The van der Waals surface area contributed by atoms with E-state index in [1.807, 2.05) is 30.5 Å². The van der Waals surface area contributed by atoms with Gasteiger partial charge in [-0.05, 0) is 35.7 Å². The van der Waals surface area contributed by atoms with E-state index >= 15 is 0 Å². The van der Waals surface area contributed by atoms with Gasteiger partial charge in [0.1, 0.15) is 5.69 Å². The first kappa shape index (κ1) is 17.1. The van der Waals surface area contributed by atoms with Crippen molar-refractivity contribution in [3.8, 4) is 0 Å². The summed E-state index contributed by atoms with van der Waals surface area (Å²) < 4.78 is 7.74. The minimum absolute atomic E-state index is 0.206. The maximum Gasteiger partial charge on any atom is 0.177 e. The van der Waals surface area contributed by atoms with E-state index in [-0.39, 0.29) is 6.23 Å². The van der Waals surface area contributed by atoms with Crippen molar-refractivity contribution in [2.24, 2.45) is 0 Å². The zero-order valence-corrected chi connectivity index (χ0v) is 15.4. The Labute approximate surface area is 158 Å². The van der Waals surface area contributed by atoms with Crippen LogP contribution in [0.15, 0.2) is 54.7 Å². The number of anilines is 1. The summed E-state index contributed by atoms with van der Waals surface area (Å²) in [7, 11) is 0. The molecule has 1 aliphatic rings. The SMILES string of the molecule is CCc1ccc(N2CCOC2c2cn(Cc3ccccc3Cl)nn2)cc1. The Bertz CT molecular complexity index is 878. The van der Waals surface area contributed by atoms with Crippen molar-refractivity contribution in [1.29, 1.82) is 0 Å². The number of hydrogen-bond donors (Lipinski definition) is 0. The Hall–Kier alpha value is -2.37.